The van der Waals surface area contributed by atoms with Gasteiger partial charge < -0.3 is 15.4 Å². The highest BCUT2D eigenvalue weighted by molar-refractivity contribution is 6.31. The highest BCUT2D eigenvalue weighted by atomic mass is 35.5. The summed E-state index contributed by atoms with van der Waals surface area (Å²) in [4.78, 5) is 35.5. The first-order chi connectivity index (χ1) is 18.2. The molecule has 0 atom stereocenters. The third kappa shape index (κ3) is 7.37. The van der Waals surface area contributed by atoms with Crippen molar-refractivity contribution in [1.29, 1.82) is 0 Å². The molecule has 0 saturated heterocycles. The monoisotopic (exact) mass is 535 g/mol. The van der Waals surface area contributed by atoms with Gasteiger partial charge in [0.05, 0.1) is 35.7 Å². The number of aliphatic imine (C=N–C) groups is 1. The van der Waals surface area contributed by atoms with Crippen molar-refractivity contribution >= 4 is 46.2 Å². The molecule has 0 aliphatic heterocycles. The summed E-state index contributed by atoms with van der Waals surface area (Å²) in [5, 5.41) is 6.88. The van der Waals surface area contributed by atoms with Crippen LogP contribution < -0.4 is 20.9 Å². The molecular weight excluding hydrogens is 506 g/mol. The molecule has 0 fully saturated rings. The molecule has 0 saturated carbocycles. The molecule has 2 heterocycles. The zero-order valence-corrected chi connectivity index (χ0v) is 22.7. The van der Waals surface area contributed by atoms with Crippen LogP contribution in [0.15, 0.2) is 65.4 Å². The highest BCUT2D eigenvalue weighted by Gasteiger charge is 2.18. The Bertz CT molecular complexity index is 1370. The van der Waals surface area contributed by atoms with Gasteiger partial charge in [-0.05, 0) is 45.9 Å². The molecule has 0 unspecified atom stereocenters. The van der Waals surface area contributed by atoms with Crippen molar-refractivity contribution in [2.75, 3.05) is 24.4 Å². The van der Waals surface area contributed by atoms with E-state index in [0.717, 1.165) is 11.3 Å². The lowest BCUT2D eigenvalue weighted by Crippen LogP contribution is -2.24. The number of amides is 1. The standard InChI is InChI=1S/C27H30ClN7O3/c1-7-19(28)14-29-17(4)20-10-9-11-22(26(20)37-6)33-23-13-24(30-15-21(23)27(36)35-38-8-2)34-25-12-16(3)31-18(5)32-25/h7,9-15H,1,8H2,2-6H3,(H,35,36)(H2,30,31,32,33,34)/b19-14+,29-17+. The van der Waals surface area contributed by atoms with Gasteiger partial charge in [0.1, 0.15) is 17.5 Å². The molecule has 3 rings (SSSR count). The van der Waals surface area contributed by atoms with Gasteiger partial charge in [-0.3, -0.25) is 14.6 Å². The van der Waals surface area contributed by atoms with Gasteiger partial charge >= 0.3 is 0 Å². The second-order valence-corrected chi connectivity index (χ2v) is 8.43. The number of benzene rings is 1. The van der Waals surface area contributed by atoms with Gasteiger partial charge in [-0.25, -0.2) is 20.4 Å². The fourth-order valence-electron chi connectivity index (χ4n) is 3.48. The number of hydrogen-bond donors (Lipinski definition) is 3. The summed E-state index contributed by atoms with van der Waals surface area (Å²) in [5.74, 6) is 1.75. The maximum atomic E-state index is 12.8. The molecule has 2 aromatic heterocycles. The summed E-state index contributed by atoms with van der Waals surface area (Å²) in [6, 6.07) is 9.06. The minimum atomic E-state index is -0.459. The van der Waals surface area contributed by atoms with E-state index in [1.165, 1.54) is 18.5 Å². The molecular formula is C27H30ClN7O3. The Kier molecular flexibility index (Phi) is 9.92. The summed E-state index contributed by atoms with van der Waals surface area (Å²) >= 11 is 6.01. The number of nitrogens with zero attached hydrogens (tertiary/aromatic N) is 4. The summed E-state index contributed by atoms with van der Waals surface area (Å²) in [6.07, 6.45) is 4.46. The topological polar surface area (TPSA) is 123 Å². The number of aromatic nitrogens is 3. The molecule has 0 aliphatic rings. The molecule has 0 bridgehead atoms. The minimum absolute atomic E-state index is 0.262. The van der Waals surface area contributed by atoms with Gasteiger partial charge in [0.15, 0.2) is 5.75 Å². The largest absolute Gasteiger partial charge is 0.494 e. The summed E-state index contributed by atoms with van der Waals surface area (Å²) in [6.45, 7) is 11.2. The van der Waals surface area contributed by atoms with Crippen molar-refractivity contribution in [2.24, 2.45) is 4.99 Å². The van der Waals surface area contributed by atoms with Crippen molar-refractivity contribution in [3.05, 3.63) is 83.1 Å². The molecule has 1 amide bonds. The Labute approximate surface area is 226 Å². The first kappa shape index (κ1) is 28.3. The first-order valence-corrected chi connectivity index (χ1v) is 12.1. The number of allylic oxidation sites excluding steroid dienone is 2. The average Bonchev–Trinajstić information content (AvgIpc) is 2.89. The van der Waals surface area contributed by atoms with E-state index < -0.39 is 5.91 Å². The van der Waals surface area contributed by atoms with Crippen LogP contribution in [0.4, 0.5) is 23.0 Å². The lowest BCUT2D eigenvalue weighted by atomic mass is 10.1. The molecule has 3 aromatic rings. The molecule has 10 nitrogen and oxygen atoms in total. The number of methoxy groups -OCH3 is 1. The number of pyridine rings is 1. The van der Waals surface area contributed by atoms with E-state index in [9.17, 15) is 4.79 Å². The molecule has 11 heteroatoms. The number of anilines is 4. The van der Waals surface area contributed by atoms with Crippen LogP contribution in [0.25, 0.3) is 0 Å². The number of halogens is 1. The van der Waals surface area contributed by atoms with Gasteiger partial charge in [0, 0.05) is 41.5 Å². The van der Waals surface area contributed by atoms with Crippen LogP contribution in [-0.2, 0) is 4.84 Å². The summed E-state index contributed by atoms with van der Waals surface area (Å²) in [5.41, 5.74) is 5.96. The predicted molar refractivity (Wildman–Crippen MR) is 151 cm³/mol. The zero-order chi connectivity index (χ0) is 27.7. The third-order valence-corrected chi connectivity index (χ3v) is 5.39. The Balaban J connectivity index is 2.04. The fourth-order valence-corrected chi connectivity index (χ4v) is 3.53. The van der Waals surface area contributed by atoms with Gasteiger partial charge in [-0.15, -0.1) is 0 Å². The van der Waals surface area contributed by atoms with Crippen molar-refractivity contribution in [1.82, 2.24) is 20.4 Å². The lowest BCUT2D eigenvalue weighted by molar-refractivity contribution is 0.0365. The SMILES string of the molecule is C=C/C(Cl)=C\N=C(/C)c1cccc(Nc2cc(Nc3cc(C)nc(C)n3)ncc2C(=O)NOCC)c1OC. The number of carbonyl (C=O) groups is 1. The summed E-state index contributed by atoms with van der Waals surface area (Å²) < 4.78 is 5.73. The Morgan fingerprint density at radius 2 is 1.92 bits per heavy atom. The lowest BCUT2D eigenvalue weighted by Gasteiger charge is -2.18. The van der Waals surface area contributed by atoms with E-state index in [0.29, 0.717) is 51.9 Å². The molecule has 0 radical (unpaired) electrons. The molecule has 1 aromatic carbocycles. The van der Waals surface area contributed by atoms with Crippen LogP contribution in [-0.4, -0.2) is 40.3 Å². The smallest absolute Gasteiger partial charge is 0.278 e. The quantitative estimate of drug-likeness (QED) is 0.161. The number of hydroxylamine groups is 1. The van der Waals surface area contributed by atoms with E-state index in [1.54, 1.807) is 26.2 Å². The number of ether oxygens (including phenoxy) is 1. The number of hydrogen-bond acceptors (Lipinski definition) is 9. The van der Waals surface area contributed by atoms with Crippen LogP contribution in [0.5, 0.6) is 5.75 Å². The number of aryl methyl sites for hydroxylation is 2. The third-order valence-electron chi connectivity index (χ3n) is 5.13. The van der Waals surface area contributed by atoms with Gasteiger partial charge in [0.25, 0.3) is 5.91 Å². The fraction of sp³-hybridized carbons (Fsp3) is 0.222. The second-order valence-electron chi connectivity index (χ2n) is 7.99. The second kappa shape index (κ2) is 13.3. The molecule has 3 N–H and O–H groups in total. The van der Waals surface area contributed by atoms with Gasteiger partial charge in [0.2, 0.25) is 0 Å². The average molecular weight is 536 g/mol. The number of para-hydroxylation sites is 1. The maximum Gasteiger partial charge on any atom is 0.278 e. The van der Waals surface area contributed by atoms with Crippen LogP contribution >= 0.6 is 11.6 Å². The van der Waals surface area contributed by atoms with Crippen molar-refractivity contribution in [3.63, 3.8) is 0 Å². The van der Waals surface area contributed by atoms with Crippen molar-refractivity contribution in [2.45, 2.75) is 27.7 Å². The molecule has 38 heavy (non-hydrogen) atoms. The Hall–Kier alpha value is -4.28. The van der Waals surface area contributed by atoms with Crippen LogP contribution in [0.1, 0.15) is 41.3 Å². The molecule has 198 valence electrons. The summed E-state index contributed by atoms with van der Waals surface area (Å²) in [7, 11) is 1.56. The minimum Gasteiger partial charge on any atom is -0.494 e. The highest BCUT2D eigenvalue weighted by Crippen LogP contribution is 2.34. The predicted octanol–water partition coefficient (Wildman–Crippen LogP) is 5.74. The molecule has 0 spiro atoms. The van der Waals surface area contributed by atoms with E-state index in [-0.39, 0.29) is 5.56 Å². The van der Waals surface area contributed by atoms with E-state index in [4.69, 9.17) is 21.2 Å². The van der Waals surface area contributed by atoms with Gasteiger partial charge in [-0.1, -0.05) is 24.2 Å². The zero-order valence-electron chi connectivity index (χ0n) is 21.9. The normalized spacial score (nSPS) is 11.6. The van der Waals surface area contributed by atoms with Crippen LogP contribution in [0, 0.1) is 13.8 Å². The number of rotatable bonds is 11. The number of nitrogens with one attached hydrogen (secondary N) is 3. The van der Waals surface area contributed by atoms with E-state index in [1.807, 2.05) is 39.0 Å². The van der Waals surface area contributed by atoms with Crippen LogP contribution in [0.2, 0.25) is 0 Å². The van der Waals surface area contributed by atoms with E-state index in [2.05, 4.69) is 42.6 Å². The van der Waals surface area contributed by atoms with E-state index >= 15 is 0 Å². The van der Waals surface area contributed by atoms with Crippen molar-refractivity contribution in [3.8, 4) is 5.75 Å². The van der Waals surface area contributed by atoms with Crippen LogP contribution in [0.3, 0.4) is 0 Å². The maximum absolute atomic E-state index is 12.8. The molecule has 0 aliphatic carbocycles. The van der Waals surface area contributed by atoms with Crippen molar-refractivity contribution < 1.29 is 14.4 Å². The Morgan fingerprint density at radius 3 is 2.61 bits per heavy atom. The Morgan fingerprint density at radius 1 is 1.13 bits per heavy atom. The number of carbonyl (C=O) groups excluding carboxylic acids is 1. The van der Waals surface area contributed by atoms with Gasteiger partial charge in [-0.2, -0.15) is 0 Å². The first-order valence-electron chi connectivity index (χ1n) is 11.7.